The summed E-state index contributed by atoms with van der Waals surface area (Å²) in [5, 5.41) is 24.6. The Labute approximate surface area is 182 Å². The van der Waals surface area contributed by atoms with E-state index in [1.54, 1.807) is 29.2 Å². The normalized spacial score (nSPS) is 10.8. The van der Waals surface area contributed by atoms with E-state index in [2.05, 4.69) is 37.1 Å². The van der Waals surface area contributed by atoms with E-state index in [1.165, 1.54) is 40.4 Å². The number of benzene rings is 1. The highest BCUT2D eigenvalue weighted by Crippen LogP contribution is 2.32. The summed E-state index contributed by atoms with van der Waals surface area (Å²) in [6, 6.07) is 7.17. The average molecular weight is 466 g/mol. The lowest BCUT2D eigenvalue weighted by atomic mass is 10.1. The average Bonchev–Trinajstić information content (AvgIpc) is 3.48. The zero-order valence-electron chi connectivity index (χ0n) is 14.8. The Morgan fingerprint density at radius 3 is 3.00 bits per heavy atom. The molecule has 1 aromatic carbocycles. The van der Waals surface area contributed by atoms with Crippen molar-refractivity contribution < 1.29 is 9.53 Å². The first-order chi connectivity index (χ1) is 14.1. The van der Waals surface area contributed by atoms with Crippen molar-refractivity contribution in [2.45, 2.75) is 10.1 Å². The Bertz CT molecular complexity index is 1120. The highest BCUT2D eigenvalue weighted by atomic mass is 35.5. The van der Waals surface area contributed by atoms with Crippen LogP contribution in [0.25, 0.3) is 5.69 Å². The van der Waals surface area contributed by atoms with Gasteiger partial charge in [0.15, 0.2) is 4.34 Å². The molecule has 148 valence electrons. The Morgan fingerprint density at radius 1 is 1.38 bits per heavy atom. The molecule has 29 heavy (non-hydrogen) atoms. The summed E-state index contributed by atoms with van der Waals surface area (Å²) in [6.45, 7) is 0. The largest absolute Gasteiger partial charge is 0.496 e. The Morgan fingerprint density at radius 2 is 2.28 bits per heavy atom. The van der Waals surface area contributed by atoms with Crippen molar-refractivity contribution in [3.05, 3.63) is 51.4 Å². The van der Waals surface area contributed by atoms with Crippen LogP contribution in [0.4, 0.5) is 5.13 Å². The zero-order chi connectivity index (χ0) is 20.2. The predicted molar refractivity (Wildman–Crippen MR) is 112 cm³/mol. The van der Waals surface area contributed by atoms with Crippen LogP contribution in [-0.2, 0) is 5.75 Å². The first-order valence-corrected chi connectivity index (χ1v) is 11.1. The summed E-state index contributed by atoms with van der Waals surface area (Å²) in [4.78, 5) is 14.0. The SMILES string of the molecule is COc1cc(-n2cnnn2)c(Cl)cc1C(=O)Nc1nnc(SCc2cccs2)s1. The Hall–Kier alpha value is -2.54. The van der Waals surface area contributed by atoms with Crippen molar-refractivity contribution in [2.75, 3.05) is 12.4 Å². The molecule has 0 aliphatic carbocycles. The number of rotatable bonds is 7. The number of halogens is 1. The molecule has 4 rings (SSSR count). The molecule has 13 heteroatoms. The van der Waals surface area contributed by atoms with E-state index in [1.807, 2.05) is 11.4 Å². The zero-order valence-corrected chi connectivity index (χ0v) is 18.0. The van der Waals surface area contributed by atoms with E-state index in [0.29, 0.717) is 21.6 Å². The number of carbonyl (C=O) groups is 1. The number of carbonyl (C=O) groups excluding carboxylic acids is 1. The van der Waals surface area contributed by atoms with Crippen LogP contribution in [0.1, 0.15) is 15.2 Å². The molecule has 0 radical (unpaired) electrons. The molecule has 0 fully saturated rings. The van der Waals surface area contributed by atoms with Crippen LogP contribution in [0.5, 0.6) is 5.75 Å². The van der Waals surface area contributed by atoms with Gasteiger partial charge in [-0.25, -0.2) is 0 Å². The molecule has 0 aliphatic heterocycles. The van der Waals surface area contributed by atoms with Gasteiger partial charge in [0.05, 0.1) is 23.4 Å². The summed E-state index contributed by atoms with van der Waals surface area (Å²) in [5.74, 6) is 0.731. The second-order valence-corrected chi connectivity index (χ2v) is 9.09. The molecule has 0 atom stereocenters. The van der Waals surface area contributed by atoms with Gasteiger partial charge in [0.25, 0.3) is 5.91 Å². The molecule has 0 saturated heterocycles. The molecule has 0 unspecified atom stereocenters. The third-order valence-corrected chi connectivity index (χ3v) is 7.04. The molecule has 0 spiro atoms. The van der Waals surface area contributed by atoms with Crippen LogP contribution < -0.4 is 10.1 Å². The minimum atomic E-state index is -0.405. The summed E-state index contributed by atoms with van der Waals surface area (Å²) >= 11 is 10.9. The molecule has 3 heterocycles. The Balaban J connectivity index is 1.49. The summed E-state index contributed by atoms with van der Waals surface area (Å²) in [6.07, 6.45) is 1.40. The maximum atomic E-state index is 12.7. The second kappa shape index (κ2) is 8.86. The van der Waals surface area contributed by atoms with Crippen LogP contribution >= 0.6 is 46.0 Å². The van der Waals surface area contributed by atoms with Gasteiger partial charge in [0.2, 0.25) is 5.13 Å². The first kappa shape index (κ1) is 19.8. The fourth-order valence-corrected chi connectivity index (χ4v) is 5.12. The van der Waals surface area contributed by atoms with Crippen molar-refractivity contribution in [3.63, 3.8) is 0 Å². The lowest BCUT2D eigenvalue weighted by Crippen LogP contribution is -2.14. The summed E-state index contributed by atoms with van der Waals surface area (Å²) in [7, 11) is 1.47. The number of tetrazole rings is 1. The van der Waals surface area contributed by atoms with Gasteiger partial charge in [-0.05, 0) is 27.9 Å². The number of thioether (sulfide) groups is 1. The molecular weight excluding hydrogens is 454 g/mol. The number of ether oxygens (including phenoxy) is 1. The van der Waals surface area contributed by atoms with Gasteiger partial charge < -0.3 is 4.74 Å². The van der Waals surface area contributed by atoms with E-state index in [0.717, 1.165) is 10.1 Å². The van der Waals surface area contributed by atoms with E-state index in [-0.39, 0.29) is 5.56 Å². The van der Waals surface area contributed by atoms with E-state index in [4.69, 9.17) is 16.3 Å². The monoisotopic (exact) mass is 465 g/mol. The maximum Gasteiger partial charge on any atom is 0.261 e. The Kier molecular flexibility index (Phi) is 6.04. The van der Waals surface area contributed by atoms with Gasteiger partial charge in [0.1, 0.15) is 12.1 Å². The van der Waals surface area contributed by atoms with E-state index in [9.17, 15) is 4.79 Å². The van der Waals surface area contributed by atoms with Gasteiger partial charge in [-0.2, -0.15) is 4.68 Å². The van der Waals surface area contributed by atoms with Crippen LogP contribution in [0.15, 0.2) is 40.3 Å². The number of hydrogen-bond donors (Lipinski definition) is 1. The second-order valence-electron chi connectivity index (χ2n) is 5.45. The van der Waals surface area contributed by atoms with Crippen LogP contribution in [0.2, 0.25) is 5.02 Å². The lowest BCUT2D eigenvalue weighted by Gasteiger charge is -2.11. The molecule has 1 amide bonds. The van der Waals surface area contributed by atoms with Crippen molar-refractivity contribution >= 4 is 57.1 Å². The quantitative estimate of drug-likeness (QED) is 0.324. The van der Waals surface area contributed by atoms with Gasteiger partial charge in [-0.3, -0.25) is 10.1 Å². The first-order valence-electron chi connectivity index (χ1n) is 8.05. The summed E-state index contributed by atoms with van der Waals surface area (Å²) < 4.78 is 7.50. The number of aromatic nitrogens is 6. The highest BCUT2D eigenvalue weighted by molar-refractivity contribution is 8.00. The number of hydrogen-bond acceptors (Lipinski definition) is 10. The number of thiophene rings is 1. The molecule has 0 saturated carbocycles. The molecule has 3 aromatic heterocycles. The number of nitrogens with zero attached hydrogens (tertiary/aromatic N) is 6. The molecule has 0 bridgehead atoms. The van der Waals surface area contributed by atoms with Gasteiger partial charge in [-0.15, -0.1) is 26.6 Å². The third kappa shape index (κ3) is 4.56. The van der Waals surface area contributed by atoms with Gasteiger partial charge in [0, 0.05) is 16.7 Å². The summed E-state index contributed by atoms with van der Waals surface area (Å²) in [5.41, 5.74) is 0.755. The minimum Gasteiger partial charge on any atom is -0.496 e. The van der Waals surface area contributed by atoms with Crippen LogP contribution in [0, 0.1) is 0 Å². The lowest BCUT2D eigenvalue weighted by molar-refractivity contribution is 0.102. The van der Waals surface area contributed by atoms with Gasteiger partial charge >= 0.3 is 0 Å². The van der Waals surface area contributed by atoms with Crippen molar-refractivity contribution in [1.82, 2.24) is 30.4 Å². The predicted octanol–water partition coefficient (Wildman–Crippen LogP) is 3.78. The van der Waals surface area contributed by atoms with Crippen molar-refractivity contribution in [1.29, 1.82) is 0 Å². The van der Waals surface area contributed by atoms with E-state index >= 15 is 0 Å². The fraction of sp³-hybridized carbons (Fsp3) is 0.125. The van der Waals surface area contributed by atoms with Gasteiger partial charge in [-0.1, -0.05) is 40.8 Å². The highest BCUT2D eigenvalue weighted by Gasteiger charge is 2.19. The molecule has 0 aliphatic rings. The number of amides is 1. The van der Waals surface area contributed by atoms with Crippen molar-refractivity contribution in [2.24, 2.45) is 0 Å². The van der Waals surface area contributed by atoms with Crippen LogP contribution in [0.3, 0.4) is 0 Å². The molecule has 4 aromatic rings. The molecule has 9 nitrogen and oxygen atoms in total. The standard InChI is InChI=1S/C16H12ClN7O2S3/c1-26-13-6-12(24-8-18-22-23-24)11(17)5-10(13)14(25)19-15-20-21-16(29-15)28-7-9-3-2-4-27-9/h2-6,8H,7H2,1H3,(H,19,20,25). The van der Waals surface area contributed by atoms with E-state index < -0.39 is 5.91 Å². The molecular formula is C16H12ClN7O2S3. The molecule has 1 N–H and O–H groups in total. The topological polar surface area (TPSA) is 108 Å². The third-order valence-electron chi connectivity index (χ3n) is 3.65. The fourth-order valence-electron chi connectivity index (χ4n) is 2.35. The minimum absolute atomic E-state index is 0.261. The van der Waals surface area contributed by atoms with Crippen LogP contribution in [-0.4, -0.2) is 43.4 Å². The smallest absolute Gasteiger partial charge is 0.261 e. The number of nitrogens with one attached hydrogen (secondary N) is 1. The maximum absolute atomic E-state index is 12.7. The van der Waals surface area contributed by atoms with Crippen molar-refractivity contribution in [3.8, 4) is 11.4 Å². The number of methoxy groups -OCH3 is 1. The number of anilines is 1.